The van der Waals surface area contributed by atoms with Crippen molar-refractivity contribution in [2.75, 3.05) is 11.4 Å². The third kappa shape index (κ3) is 4.86. The van der Waals surface area contributed by atoms with Gasteiger partial charge in [0.2, 0.25) is 6.71 Å². The molecule has 0 spiro atoms. The summed E-state index contributed by atoms with van der Waals surface area (Å²) < 4.78 is 6.90. The molecule has 0 saturated heterocycles. The van der Waals surface area contributed by atoms with Crippen LogP contribution in [-0.4, -0.2) is 13.2 Å². The van der Waals surface area contributed by atoms with Gasteiger partial charge < -0.3 is 9.64 Å². The Morgan fingerprint density at radius 2 is 1.19 bits per heavy atom. The van der Waals surface area contributed by atoms with Gasteiger partial charge >= 0.3 is 0 Å². The summed E-state index contributed by atoms with van der Waals surface area (Å²) in [7, 11) is 0. The van der Waals surface area contributed by atoms with Crippen LogP contribution in [0.4, 0.5) is 17.1 Å². The van der Waals surface area contributed by atoms with Crippen LogP contribution in [0.3, 0.4) is 0 Å². The average Bonchev–Trinajstić information content (AvgIpc) is 3.73. The van der Waals surface area contributed by atoms with Crippen molar-refractivity contribution in [2.24, 2.45) is 0 Å². The molecule has 2 nitrogen and oxygen atoms in total. The summed E-state index contributed by atoms with van der Waals surface area (Å²) in [6.07, 6.45) is 0.948. The molecule has 0 radical (unpaired) electrons. The summed E-state index contributed by atoms with van der Waals surface area (Å²) in [4.78, 5) is 2.52. The first-order valence-electron chi connectivity index (χ1n) is 20.6. The lowest BCUT2D eigenvalue weighted by Crippen LogP contribution is -2.41. The van der Waals surface area contributed by atoms with Gasteiger partial charge in [0.1, 0.15) is 5.75 Å². The first-order valence-corrected chi connectivity index (χ1v) is 20.6. The van der Waals surface area contributed by atoms with Crippen molar-refractivity contribution in [3.63, 3.8) is 0 Å². The molecule has 9 aromatic carbocycles. The molecule has 0 bridgehead atoms. The van der Waals surface area contributed by atoms with Gasteiger partial charge in [0.25, 0.3) is 0 Å². The number of hydrogen-bond donors (Lipinski definition) is 0. The van der Waals surface area contributed by atoms with E-state index < -0.39 is 0 Å². The molecule has 0 N–H and O–H groups in total. The summed E-state index contributed by atoms with van der Waals surface area (Å²) in [5.41, 5.74) is 18.7. The predicted molar refractivity (Wildman–Crippen MR) is 245 cm³/mol. The van der Waals surface area contributed by atoms with Gasteiger partial charge in [0.15, 0.2) is 0 Å². The summed E-state index contributed by atoms with van der Waals surface area (Å²) in [5.74, 6) is 1.01. The molecule has 1 heterocycles. The molecule has 274 valence electrons. The van der Waals surface area contributed by atoms with E-state index in [1.807, 2.05) is 0 Å². The maximum atomic E-state index is 6.90. The number of benzene rings is 9. The van der Waals surface area contributed by atoms with Crippen molar-refractivity contribution in [1.29, 1.82) is 0 Å². The van der Waals surface area contributed by atoms with Crippen LogP contribution in [-0.2, 0) is 11.7 Å². The highest BCUT2D eigenvalue weighted by molar-refractivity contribution is 6.73. The lowest BCUT2D eigenvalue weighted by atomic mass is 9.41. The average molecular weight is 742 g/mol. The van der Waals surface area contributed by atoms with Crippen LogP contribution in [0, 0.1) is 0 Å². The van der Waals surface area contributed by atoms with Gasteiger partial charge in [-0.15, -0.1) is 0 Å². The highest BCUT2D eigenvalue weighted by atomic mass is 16.5. The zero-order valence-electron chi connectivity index (χ0n) is 32.7. The van der Waals surface area contributed by atoms with Crippen LogP contribution in [0.1, 0.15) is 30.5 Å². The second kappa shape index (κ2) is 12.6. The number of ether oxygens (including phenoxy) is 1. The van der Waals surface area contributed by atoms with Crippen LogP contribution in [0.15, 0.2) is 182 Å². The number of para-hydroxylation sites is 1. The fourth-order valence-corrected chi connectivity index (χ4v) is 10.4. The summed E-state index contributed by atoms with van der Waals surface area (Å²) >= 11 is 0. The molecule has 58 heavy (non-hydrogen) atoms. The van der Waals surface area contributed by atoms with Gasteiger partial charge in [-0.25, -0.2) is 0 Å². The third-order valence-electron chi connectivity index (χ3n) is 13.2. The Hall–Kier alpha value is -6.84. The fraction of sp³-hybridized carbons (Fsp3) is 0.0909. The van der Waals surface area contributed by atoms with Crippen LogP contribution in [0.2, 0.25) is 0 Å². The van der Waals surface area contributed by atoms with Crippen molar-refractivity contribution < 1.29 is 4.74 Å². The molecule has 2 aliphatic carbocycles. The molecular formula is C55H40BNO. The number of hydrogen-bond acceptors (Lipinski definition) is 2. The van der Waals surface area contributed by atoms with Gasteiger partial charge in [-0.1, -0.05) is 171 Å². The standard InChI is InChI=1S/C55H40BNO/c1-55(2)49-25-11-10-21-46(49)53-48(45-23-12-16-37-33-56(34-58-54(37)45)38-17-4-3-5-18-38)31-40(32-50(53)55)57(39-27-26-35-14-6-7-15-36(35)30-39)51-29-28-44-42-20-9-8-19-41(42)43-22-13-24-47(51)52(43)44/h3-32H,33-34H2,1-2H3. The van der Waals surface area contributed by atoms with Crippen molar-refractivity contribution in [1.82, 2.24) is 0 Å². The van der Waals surface area contributed by atoms with Crippen molar-refractivity contribution in [3.8, 4) is 50.3 Å². The number of rotatable bonds is 5. The van der Waals surface area contributed by atoms with E-state index in [9.17, 15) is 0 Å². The molecule has 0 atom stereocenters. The summed E-state index contributed by atoms with van der Waals surface area (Å²) in [6, 6.07) is 67.6. The van der Waals surface area contributed by atoms with E-state index in [0.717, 1.165) is 29.0 Å². The Kier molecular flexibility index (Phi) is 7.23. The highest BCUT2D eigenvalue weighted by Gasteiger charge is 2.39. The Labute approximate surface area is 340 Å². The largest absolute Gasteiger partial charge is 0.501 e. The first-order chi connectivity index (χ1) is 28.5. The molecule has 0 amide bonds. The summed E-state index contributed by atoms with van der Waals surface area (Å²) in [5, 5.41) is 5.02. The predicted octanol–water partition coefficient (Wildman–Crippen LogP) is 13.5. The number of anilines is 3. The van der Waals surface area contributed by atoms with Crippen LogP contribution >= 0.6 is 0 Å². The quantitative estimate of drug-likeness (QED) is 0.163. The van der Waals surface area contributed by atoms with E-state index in [2.05, 4.69) is 201 Å². The molecule has 1 aliphatic heterocycles. The first kappa shape index (κ1) is 33.3. The van der Waals surface area contributed by atoms with Gasteiger partial charge in [0.05, 0.1) is 12.2 Å². The third-order valence-corrected chi connectivity index (χ3v) is 13.2. The van der Waals surface area contributed by atoms with Crippen LogP contribution in [0.5, 0.6) is 5.75 Å². The molecule has 3 aliphatic rings. The van der Waals surface area contributed by atoms with E-state index >= 15 is 0 Å². The van der Waals surface area contributed by atoms with Crippen molar-refractivity contribution in [3.05, 3.63) is 199 Å². The summed E-state index contributed by atoms with van der Waals surface area (Å²) in [6.45, 7) is 5.76. The Morgan fingerprint density at radius 1 is 0.500 bits per heavy atom. The van der Waals surface area contributed by atoms with Gasteiger partial charge in [-0.2, -0.15) is 0 Å². The van der Waals surface area contributed by atoms with E-state index in [-0.39, 0.29) is 5.41 Å². The molecule has 0 unspecified atom stereocenters. The SMILES string of the molecule is CC1(C)c2ccccc2-c2c(-c3cccc4c3OCB(c3ccccc3)C4)cc(N(c3ccc4ccccc4c3)c3ccc4c5c(cccc35)-c3ccccc3-4)cc21. The molecule has 0 saturated carbocycles. The second-order valence-electron chi connectivity index (χ2n) is 16.8. The monoisotopic (exact) mass is 741 g/mol. The molecule has 0 aromatic heterocycles. The Bertz CT molecular complexity index is 3120. The Balaban J connectivity index is 1.13. The van der Waals surface area contributed by atoms with Gasteiger partial charge in [-0.3, -0.25) is 0 Å². The normalized spacial score (nSPS) is 14.1. The van der Waals surface area contributed by atoms with Crippen LogP contribution < -0.4 is 15.1 Å². The lowest BCUT2D eigenvalue weighted by molar-refractivity contribution is 0.372. The van der Waals surface area contributed by atoms with Gasteiger partial charge in [0, 0.05) is 27.7 Å². The Morgan fingerprint density at radius 3 is 2.03 bits per heavy atom. The van der Waals surface area contributed by atoms with Gasteiger partial charge in [-0.05, 0) is 108 Å². The molecule has 12 rings (SSSR count). The van der Waals surface area contributed by atoms with E-state index in [1.54, 1.807) is 0 Å². The maximum Gasteiger partial charge on any atom is 0.225 e. The van der Waals surface area contributed by atoms with E-state index in [4.69, 9.17) is 4.74 Å². The fourth-order valence-electron chi connectivity index (χ4n) is 10.4. The lowest BCUT2D eigenvalue weighted by Gasteiger charge is -2.31. The molecular weight excluding hydrogens is 701 g/mol. The number of nitrogens with zero attached hydrogens (tertiary/aromatic N) is 1. The minimum Gasteiger partial charge on any atom is -0.501 e. The smallest absolute Gasteiger partial charge is 0.225 e. The second-order valence-corrected chi connectivity index (χ2v) is 16.8. The minimum atomic E-state index is -0.219. The number of fused-ring (bicyclic) bond motifs is 8. The molecule has 0 fully saturated rings. The zero-order valence-corrected chi connectivity index (χ0v) is 32.7. The molecule has 9 aromatic rings. The van der Waals surface area contributed by atoms with Crippen molar-refractivity contribution in [2.45, 2.75) is 25.6 Å². The zero-order chi connectivity index (χ0) is 38.5. The van der Waals surface area contributed by atoms with Crippen molar-refractivity contribution >= 4 is 50.8 Å². The van der Waals surface area contributed by atoms with Crippen LogP contribution in [0.25, 0.3) is 66.1 Å². The maximum absolute atomic E-state index is 6.90. The highest BCUT2D eigenvalue weighted by Crippen LogP contribution is 2.57. The van der Waals surface area contributed by atoms with E-state index in [1.165, 1.54) is 88.3 Å². The topological polar surface area (TPSA) is 12.5 Å². The van der Waals surface area contributed by atoms with E-state index in [0.29, 0.717) is 13.2 Å². The minimum absolute atomic E-state index is 0.219. The molecule has 3 heteroatoms.